The van der Waals surface area contributed by atoms with E-state index in [4.69, 9.17) is 4.74 Å². The normalized spacial score (nSPS) is 23.0. The Kier molecular flexibility index (Phi) is 2.98. The Labute approximate surface area is 86.4 Å². The molecule has 3 heteroatoms. The van der Waals surface area contributed by atoms with Gasteiger partial charge in [-0.05, 0) is 17.7 Å². The maximum absolute atomic E-state index is 5.64. The zero-order valence-electron chi connectivity index (χ0n) is 7.29. The van der Waals surface area contributed by atoms with E-state index in [9.17, 15) is 0 Å². The van der Waals surface area contributed by atoms with Gasteiger partial charge in [0.05, 0.1) is 12.7 Å². The van der Waals surface area contributed by atoms with Gasteiger partial charge in [0.15, 0.2) is 0 Å². The Bertz CT molecular complexity index is 284. The first-order valence-corrected chi connectivity index (χ1v) is 5.23. The van der Waals surface area contributed by atoms with Crippen LogP contribution in [0.2, 0.25) is 0 Å². The average molecular weight is 242 g/mol. The molecule has 1 aromatic rings. The summed E-state index contributed by atoms with van der Waals surface area (Å²) in [7, 11) is 0. The Morgan fingerprint density at radius 1 is 1.46 bits per heavy atom. The number of rotatable bonds is 1. The van der Waals surface area contributed by atoms with Gasteiger partial charge >= 0.3 is 0 Å². The van der Waals surface area contributed by atoms with Gasteiger partial charge in [-0.15, -0.1) is 0 Å². The first kappa shape index (κ1) is 9.19. The maximum Gasteiger partial charge on any atom is 0.0950 e. The minimum Gasteiger partial charge on any atom is -0.371 e. The van der Waals surface area contributed by atoms with E-state index in [2.05, 4.69) is 33.4 Å². The fraction of sp³-hybridized carbons (Fsp3) is 0.400. The predicted molar refractivity (Wildman–Crippen MR) is 55.7 cm³/mol. The second-order valence-corrected chi connectivity index (χ2v) is 4.03. The minimum absolute atomic E-state index is 0.214. The molecule has 70 valence electrons. The molecule has 1 heterocycles. The van der Waals surface area contributed by atoms with Crippen molar-refractivity contribution in [2.24, 2.45) is 0 Å². The van der Waals surface area contributed by atoms with Gasteiger partial charge in [-0.3, -0.25) is 0 Å². The van der Waals surface area contributed by atoms with Gasteiger partial charge in [0.1, 0.15) is 0 Å². The summed E-state index contributed by atoms with van der Waals surface area (Å²) < 4.78 is 6.75. The molecule has 1 aromatic carbocycles. The van der Waals surface area contributed by atoms with E-state index >= 15 is 0 Å². The standard InChI is InChI=1S/C10H12BrNO/c11-9-3-1-2-8(6-9)10-7-12-4-5-13-10/h1-3,6,10,12H,4-5,7H2. The monoisotopic (exact) mass is 241 g/mol. The average Bonchev–Trinajstić information content (AvgIpc) is 2.19. The van der Waals surface area contributed by atoms with Gasteiger partial charge in [-0.1, -0.05) is 28.1 Å². The quantitative estimate of drug-likeness (QED) is 0.814. The zero-order valence-corrected chi connectivity index (χ0v) is 8.88. The van der Waals surface area contributed by atoms with Crippen LogP contribution in [0.3, 0.4) is 0 Å². The number of morpholine rings is 1. The van der Waals surface area contributed by atoms with Crippen molar-refractivity contribution in [2.45, 2.75) is 6.10 Å². The number of benzene rings is 1. The lowest BCUT2D eigenvalue weighted by Crippen LogP contribution is -2.33. The smallest absolute Gasteiger partial charge is 0.0950 e. The lowest BCUT2D eigenvalue weighted by atomic mass is 10.1. The molecule has 2 rings (SSSR count). The van der Waals surface area contributed by atoms with Crippen molar-refractivity contribution in [3.05, 3.63) is 34.3 Å². The van der Waals surface area contributed by atoms with Crippen molar-refractivity contribution in [3.63, 3.8) is 0 Å². The third kappa shape index (κ3) is 2.30. The van der Waals surface area contributed by atoms with Crippen molar-refractivity contribution in [1.82, 2.24) is 5.32 Å². The molecule has 0 spiro atoms. The highest BCUT2D eigenvalue weighted by Crippen LogP contribution is 2.21. The number of hydrogen-bond acceptors (Lipinski definition) is 2. The molecule has 1 saturated heterocycles. The summed E-state index contributed by atoms with van der Waals surface area (Å²) in [6.07, 6.45) is 0.214. The summed E-state index contributed by atoms with van der Waals surface area (Å²) >= 11 is 3.45. The summed E-state index contributed by atoms with van der Waals surface area (Å²) in [6.45, 7) is 2.68. The molecular weight excluding hydrogens is 230 g/mol. The molecule has 1 aliphatic rings. The Morgan fingerprint density at radius 3 is 3.08 bits per heavy atom. The summed E-state index contributed by atoms with van der Waals surface area (Å²) in [5, 5.41) is 3.31. The third-order valence-electron chi connectivity index (χ3n) is 2.15. The molecule has 0 bridgehead atoms. The van der Waals surface area contributed by atoms with Crippen molar-refractivity contribution < 1.29 is 4.74 Å². The molecular formula is C10H12BrNO. The summed E-state index contributed by atoms with van der Waals surface area (Å²) in [5.41, 5.74) is 1.24. The lowest BCUT2D eigenvalue weighted by Gasteiger charge is -2.23. The Balaban J connectivity index is 2.14. The lowest BCUT2D eigenvalue weighted by molar-refractivity contribution is 0.0277. The SMILES string of the molecule is Brc1cccc(C2CNCCO2)c1. The molecule has 1 atom stereocenters. The van der Waals surface area contributed by atoms with Gasteiger partial charge in [0, 0.05) is 17.6 Å². The molecule has 1 fully saturated rings. The molecule has 0 aromatic heterocycles. The highest BCUT2D eigenvalue weighted by atomic mass is 79.9. The highest BCUT2D eigenvalue weighted by Gasteiger charge is 2.14. The maximum atomic E-state index is 5.64. The predicted octanol–water partition coefficient (Wildman–Crippen LogP) is 2.11. The van der Waals surface area contributed by atoms with Crippen molar-refractivity contribution in [2.75, 3.05) is 19.7 Å². The number of nitrogens with one attached hydrogen (secondary N) is 1. The first-order valence-electron chi connectivity index (χ1n) is 4.44. The number of halogens is 1. The molecule has 1 N–H and O–H groups in total. The van der Waals surface area contributed by atoms with Gasteiger partial charge in [-0.2, -0.15) is 0 Å². The van der Waals surface area contributed by atoms with Crippen LogP contribution in [0.5, 0.6) is 0 Å². The second kappa shape index (κ2) is 4.22. The van der Waals surface area contributed by atoms with Crippen LogP contribution in [0.1, 0.15) is 11.7 Å². The fourth-order valence-electron chi connectivity index (χ4n) is 1.49. The van der Waals surface area contributed by atoms with Gasteiger partial charge in [-0.25, -0.2) is 0 Å². The van der Waals surface area contributed by atoms with Crippen LogP contribution in [-0.2, 0) is 4.74 Å². The van der Waals surface area contributed by atoms with E-state index in [1.54, 1.807) is 0 Å². The Morgan fingerprint density at radius 2 is 2.38 bits per heavy atom. The molecule has 13 heavy (non-hydrogen) atoms. The molecule has 0 saturated carbocycles. The van der Waals surface area contributed by atoms with E-state index in [1.807, 2.05) is 12.1 Å². The van der Waals surface area contributed by atoms with Gasteiger partial charge in [0.25, 0.3) is 0 Å². The Hall–Kier alpha value is -0.380. The van der Waals surface area contributed by atoms with Crippen LogP contribution >= 0.6 is 15.9 Å². The van der Waals surface area contributed by atoms with Gasteiger partial charge < -0.3 is 10.1 Å². The van der Waals surface area contributed by atoms with Crippen molar-refractivity contribution >= 4 is 15.9 Å². The largest absolute Gasteiger partial charge is 0.371 e. The molecule has 1 unspecified atom stereocenters. The fourth-order valence-corrected chi connectivity index (χ4v) is 1.90. The molecule has 0 aliphatic carbocycles. The van der Waals surface area contributed by atoms with Crippen LogP contribution < -0.4 is 5.32 Å². The minimum atomic E-state index is 0.214. The van der Waals surface area contributed by atoms with E-state index in [0.29, 0.717) is 0 Å². The number of ether oxygens (including phenoxy) is 1. The second-order valence-electron chi connectivity index (χ2n) is 3.12. The van der Waals surface area contributed by atoms with Crippen LogP contribution in [0, 0.1) is 0 Å². The van der Waals surface area contributed by atoms with E-state index in [1.165, 1.54) is 5.56 Å². The molecule has 0 amide bonds. The zero-order chi connectivity index (χ0) is 9.10. The van der Waals surface area contributed by atoms with E-state index in [0.717, 1.165) is 24.2 Å². The first-order chi connectivity index (χ1) is 6.36. The molecule has 1 aliphatic heterocycles. The van der Waals surface area contributed by atoms with Crippen LogP contribution in [0.25, 0.3) is 0 Å². The number of hydrogen-bond donors (Lipinski definition) is 1. The van der Waals surface area contributed by atoms with Crippen molar-refractivity contribution in [1.29, 1.82) is 0 Å². The summed E-state index contributed by atoms with van der Waals surface area (Å²) in [6, 6.07) is 8.28. The third-order valence-corrected chi connectivity index (χ3v) is 2.64. The topological polar surface area (TPSA) is 21.3 Å². The van der Waals surface area contributed by atoms with Crippen LogP contribution in [-0.4, -0.2) is 19.7 Å². The van der Waals surface area contributed by atoms with Crippen LogP contribution in [0.4, 0.5) is 0 Å². The highest BCUT2D eigenvalue weighted by molar-refractivity contribution is 9.10. The summed E-state index contributed by atoms with van der Waals surface area (Å²) in [5.74, 6) is 0. The summed E-state index contributed by atoms with van der Waals surface area (Å²) in [4.78, 5) is 0. The molecule has 0 radical (unpaired) electrons. The van der Waals surface area contributed by atoms with E-state index < -0.39 is 0 Å². The van der Waals surface area contributed by atoms with Crippen LogP contribution in [0.15, 0.2) is 28.7 Å². The molecule has 2 nitrogen and oxygen atoms in total. The van der Waals surface area contributed by atoms with Crippen molar-refractivity contribution in [3.8, 4) is 0 Å². The van der Waals surface area contributed by atoms with E-state index in [-0.39, 0.29) is 6.10 Å². The van der Waals surface area contributed by atoms with Gasteiger partial charge in [0.2, 0.25) is 0 Å².